The molecule has 0 aromatic heterocycles. The van der Waals surface area contributed by atoms with E-state index in [1.54, 1.807) is 9.80 Å². The number of benzene rings is 3. The summed E-state index contributed by atoms with van der Waals surface area (Å²) in [6.07, 6.45) is 2.12. The number of carbonyl (C=O) groups excluding carboxylic acids is 2. The van der Waals surface area contributed by atoms with E-state index in [1.807, 2.05) is 65.6 Å². The number of ether oxygens (including phenoxy) is 3. The Labute approximate surface area is 274 Å². The zero-order valence-electron chi connectivity index (χ0n) is 26.9. The van der Waals surface area contributed by atoms with Crippen LogP contribution in [-0.2, 0) is 22.7 Å². The lowest BCUT2D eigenvalue weighted by Gasteiger charge is -2.31. The number of anilines is 1. The summed E-state index contributed by atoms with van der Waals surface area (Å²) in [7, 11) is 1.54. The molecule has 6 rings (SSSR count). The number of methoxy groups -OCH3 is 1. The second-order valence-corrected chi connectivity index (χ2v) is 12.4. The zero-order valence-corrected chi connectivity index (χ0v) is 26.9. The summed E-state index contributed by atoms with van der Waals surface area (Å²) in [6.45, 7) is 4.22. The number of carbonyl (C=O) groups is 3. The molecule has 248 valence electrons. The molecule has 11 nitrogen and oxygen atoms in total. The Morgan fingerprint density at radius 3 is 2.68 bits per heavy atom. The third-order valence-corrected chi connectivity index (χ3v) is 9.57. The van der Waals surface area contributed by atoms with Gasteiger partial charge in [0.05, 0.1) is 19.6 Å². The van der Waals surface area contributed by atoms with Gasteiger partial charge in [-0.15, -0.1) is 0 Å². The van der Waals surface area contributed by atoms with Gasteiger partial charge in [-0.2, -0.15) is 0 Å². The molecule has 3 aliphatic rings. The maximum atomic E-state index is 14.2. The fourth-order valence-electron chi connectivity index (χ4n) is 7.16. The Kier molecular flexibility index (Phi) is 9.65. The minimum atomic E-state index is -0.957. The minimum absolute atomic E-state index is 0.0252. The van der Waals surface area contributed by atoms with E-state index in [9.17, 15) is 19.5 Å². The van der Waals surface area contributed by atoms with Crippen LogP contribution in [0.15, 0.2) is 60.7 Å². The maximum absolute atomic E-state index is 14.2. The van der Waals surface area contributed by atoms with Crippen molar-refractivity contribution >= 4 is 23.5 Å². The van der Waals surface area contributed by atoms with Gasteiger partial charge in [0.25, 0.3) is 5.91 Å². The predicted molar refractivity (Wildman–Crippen MR) is 176 cm³/mol. The smallest absolute Gasteiger partial charge is 0.308 e. The standard InChI is InChI=1S/C36H42N4O7/c1-3-4-13-40(26-10-7-8-23(15-26)18-37)32(41)21-39-20-28(25-16-30(45-2)34-31(17-25)46-22-47-34)33(36(43)44)29(39)12-14-38-19-24-9-5-6-11-27(24)35(38)42/h5-11,15-17,28-29,33H,3-4,12-14,18-22,37H2,1-2H3,(H,43,44). The Morgan fingerprint density at radius 1 is 1.11 bits per heavy atom. The van der Waals surface area contributed by atoms with Gasteiger partial charge in [0.15, 0.2) is 11.5 Å². The average molecular weight is 643 g/mol. The molecular formula is C36H42N4O7. The van der Waals surface area contributed by atoms with E-state index in [0.717, 1.165) is 35.2 Å². The maximum Gasteiger partial charge on any atom is 0.308 e. The van der Waals surface area contributed by atoms with Crippen LogP contribution >= 0.6 is 0 Å². The van der Waals surface area contributed by atoms with Gasteiger partial charge >= 0.3 is 5.97 Å². The summed E-state index contributed by atoms with van der Waals surface area (Å²) in [5, 5.41) is 10.7. The highest BCUT2D eigenvalue weighted by Gasteiger charge is 2.48. The van der Waals surface area contributed by atoms with Gasteiger partial charge in [-0.25, -0.2) is 0 Å². The van der Waals surface area contributed by atoms with Crippen molar-refractivity contribution in [3.05, 3.63) is 82.9 Å². The van der Waals surface area contributed by atoms with Crippen molar-refractivity contribution in [1.82, 2.24) is 9.80 Å². The van der Waals surface area contributed by atoms with Crippen LogP contribution in [0.3, 0.4) is 0 Å². The Balaban J connectivity index is 1.31. The first-order chi connectivity index (χ1) is 22.8. The number of hydrogen-bond acceptors (Lipinski definition) is 8. The fraction of sp³-hybridized carbons (Fsp3) is 0.417. The lowest BCUT2D eigenvalue weighted by Crippen LogP contribution is -2.45. The molecule has 3 aromatic rings. The van der Waals surface area contributed by atoms with Crippen LogP contribution in [0.25, 0.3) is 0 Å². The van der Waals surface area contributed by atoms with Crippen molar-refractivity contribution in [3.8, 4) is 17.2 Å². The van der Waals surface area contributed by atoms with E-state index in [1.165, 1.54) is 7.11 Å². The first-order valence-electron chi connectivity index (χ1n) is 16.2. The number of amides is 2. The summed E-state index contributed by atoms with van der Waals surface area (Å²) < 4.78 is 16.8. The number of nitrogens with zero attached hydrogens (tertiary/aromatic N) is 3. The monoisotopic (exact) mass is 642 g/mol. The van der Waals surface area contributed by atoms with E-state index >= 15 is 0 Å². The topological polar surface area (TPSA) is 135 Å². The first-order valence-corrected chi connectivity index (χ1v) is 16.2. The molecule has 3 atom stereocenters. The Hall–Kier alpha value is -4.61. The molecule has 1 fully saturated rings. The molecule has 11 heteroatoms. The third kappa shape index (κ3) is 6.50. The first kappa shape index (κ1) is 32.3. The van der Waals surface area contributed by atoms with Gasteiger partial charge in [0.2, 0.25) is 18.4 Å². The number of carboxylic acid groups (broad SMARTS) is 1. The normalized spacial score (nSPS) is 20.0. The number of hydrogen-bond donors (Lipinski definition) is 2. The number of nitrogens with two attached hydrogens (primary N) is 1. The van der Waals surface area contributed by atoms with Crippen LogP contribution in [0, 0.1) is 5.92 Å². The Morgan fingerprint density at radius 2 is 1.94 bits per heavy atom. The molecule has 0 spiro atoms. The van der Waals surface area contributed by atoms with Crippen molar-refractivity contribution in [2.75, 3.05) is 45.0 Å². The van der Waals surface area contributed by atoms with Gasteiger partial charge in [-0.1, -0.05) is 43.7 Å². The summed E-state index contributed by atoms with van der Waals surface area (Å²) in [6, 6.07) is 18.3. The van der Waals surface area contributed by atoms with Crippen LogP contribution < -0.4 is 24.8 Å². The van der Waals surface area contributed by atoms with Gasteiger partial charge < -0.3 is 34.9 Å². The van der Waals surface area contributed by atoms with Crippen molar-refractivity contribution < 1.29 is 33.7 Å². The highest BCUT2D eigenvalue weighted by atomic mass is 16.7. The Bertz CT molecular complexity index is 1650. The molecule has 3 heterocycles. The number of aliphatic carboxylic acids is 1. The molecule has 1 saturated heterocycles. The SMILES string of the molecule is CCCCN(C(=O)CN1CC(c2cc(OC)c3c(c2)OCO3)C(C(=O)O)C1CCN1Cc2ccccc2C1=O)c1cccc(CN)c1. The van der Waals surface area contributed by atoms with Gasteiger partial charge in [0, 0.05) is 55.9 Å². The van der Waals surface area contributed by atoms with Gasteiger partial charge in [-0.05, 0) is 59.9 Å². The summed E-state index contributed by atoms with van der Waals surface area (Å²) >= 11 is 0. The van der Waals surface area contributed by atoms with Crippen LogP contribution in [-0.4, -0.2) is 78.8 Å². The number of carboxylic acids is 1. The summed E-state index contributed by atoms with van der Waals surface area (Å²) in [5.41, 5.74) is 9.99. The van der Waals surface area contributed by atoms with Crippen molar-refractivity contribution in [3.63, 3.8) is 0 Å². The van der Waals surface area contributed by atoms with Gasteiger partial charge in [-0.3, -0.25) is 19.3 Å². The van der Waals surface area contributed by atoms with Crippen molar-refractivity contribution in [1.29, 1.82) is 0 Å². The fourth-order valence-corrected chi connectivity index (χ4v) is 7.16. The van der Waals surface area contributed by atoms with E-state index in [2.05, 4.69) is 6.92 Å². The molecule has 0 saturated carbocycles. The van der Waals surface area contributed by atoms with Crippen LogP contribution in [0.2, 0.25) is 0 Å². The highest BCUT2D eigenvalue weighted by Crippen LogP contribution is 2.47. The summed E-state index contributed by atoms with van der Waals surface area (Å²) in [5.74, 6) is -0.991. The molecule has 0 aliphatic carbocycles. The number of unbranched alkanes of at least 4 members (excludes halogenated alkanes) is 1. The quantitative estimate of drug-likeness (QED) is 0.281. The van der Waals surface area contributed by atoms with Gasteiger partial charge in [0.1, 0.15) is 0 Å². The van der Waals surface area contributed by atoms with Crippen molar-refractivity contribution in [2.45, 2.75) is 51.2 Å². The third-order valence-electron chi connectivity index (χ3n) is 9.57. The molecule has 0 bridgehead atoms. The van der Waals surface area contributed by atoms with Crippen LogP contribution in [0.5, 0.6) is 17.2 Å². The van der Waals surface area contributed by atoms with E-state index < -0.39 is 23.8 Å². The number of fused-ring (bicyclic) bond motifs is 2. The van der Waals surface area contributed by atoms with Crippen molar-refractivity contribution in [2.24, 2.45) is 11.7 Å². The van der Waals surface area contributed by atoms with E-state index in [4.69, 9.17) is 19.9 Å². The molecule has 47 heavy (non-hydrogen) atoms. The second-order valence-electron chi connectivity index (χ2n) is 12.4. The second kappa shape index (κ2) is 14.0. The summed E-state index contributed by atoms with van der Waals surface area (Å²) in [4.78, 5) is 46.1. The number of likely N-dealkylation sites (tertiary alicyclic amines) is 1. The molecule has 2 amide bonds. The predicted octanol–water partition coefficient (Wildman–Crippen LogP) is 4.23. The molecule has 3 unspecified atom stereocenters. The van der Waals surface area contributed by atoms with Crippen LogP contribution in [0.1, 0.15) is 59.2 Å². The highest BCUT2D eigenvalue weighted by molar-refractivity contribution is 5.98. The number of rotatable bonds is 13. The lowest BCUT2D eigenvalue weighted by atomic mass is 9.84. The average Bonchev–Trinajstić information content (AvgIpc) is 3.79. The molecule has 3 aromatic carbocycles. The molecular weight excluding hydrogens is 600 g/mol. The zero-order chi connectivity index (χ0) is 33.1. The minimum Gasteiger partial charge on any atom is -0.493 e. The van der Waals surface area contributed by atoms with Crippen LogP contribution in [0.4, 0.5) is 5.69 Å². The lowest BCUT2D eigenvalue weighted by molar-refractivity contribution is -0.143. The molecule has 0 radical (unpaired) electrons. The van der Waals surface area contributed by atoms with E-state index in [-0.39, 0.29) is 25.2 Å². The van der Waals surface area contributed by atoms with E-state index in [0.29, 0.717) is 62.0 Å². The molecule has 3 aliphatic heterocycles. The molecule has 3 N–H and O–H groups in total. The largest absolute Gasteiger partial charge is 0.493 e.